The molecule has 0 unspecified atom stereocenters. The van der Waals surface area contributed by atoms with Crippen LogP contribution in [0, 0.1) is 0 Å². The van der Waals surface area contributed by atoms with Crippen LogP contribution >= 0.6 is 11.8 Å². The van der Waals surface area contributed by atoms with Gasteiger partial charge in [-0.2, -0.15) is 11.8 Å². The number of hydrogen-bond acceptors (Lipinski definition) is 4. The highest BCUT2D eigenvalue weighted by molar-refractivity contribution is 7.98. The van der Waals surface area contributed by atoms with Crippen LogP contribution in [0.4, 0.5) is 0 Å². The number of rotatable bonds is 11. The van der Waals surface area contributed by atoms with E-state index >= 15 is 0 Å². The van der Waals surface area contributed by atoms with Gasteiger partial charge in [-0.15, -0.1) is 0 Å². The van der Waals surface area contributed by atoms with Gasteiger partial charge in [-0.05, 0) is 51.0 Å². The Morgan fingerprint density at radius 1 is 1.23 bits per heavy atom. The van der Waals surface area contributed by atoms with Gasteiger partial charge in [0.1, 0.15) is 0 Å². The Bertz CT molecular complexity index is 285. The van der Waals surface area contributed by atoms with Crippen molar-refractivity contribution in [2.75, 3.05) is 51.5 Å². The Kier molecular flexibility index (Phi) is 12.6. The second kappa shape index (κ2) is 14.2. The zero-order chi connectivity index (χ0) is 15.9. The summed E-state index contributed by atoms with van der Waals surface area (Å²) in [6.45, 7) is 7.27. The monoisotopic (exact) mass is 331 g/mol. The molecular formula is C16H33N3O2S. The third-order valence-corrected chi connectivity index (χ3v) is 4.20. The Morgan fingerprint density at radius 2 is 2.05 bits per heavy atom. The van der Waals surface area contributed by atoms with E-state index < -0.39 is 0 Å². The van der Waals surface area contributed by atoms with Crippen LogP contribution in [0.2, 0.25) is 0 Å². The van der Waals surface area contributed by atoms with Gasteiger partial charge in [0, 0.05) is 39.5 Å². The van der Waals surface area contributed by atoms with Crippen molar-refractivity contribution in [2.24, 2.45) is 4.99 Å². The maximum Gasteiger partial charge on any atom is 0.191 e. The van der Waals surface area contributed by atoms with Crippen LogP contribution in [0.15, 0.2) is 4.99 Å². The molecule has 0 aromatic rings. The number of nitrogens with zero attached hydrogens (tertiary/aromatic N) is 1. The van der Waals surface area contributed by atoms with Gasteiger partial charge < -0.3 is 20.1 Å². The van der Waals surface area contributed by atoms with E-state index in [1.807, 2.05) is 11.8 Å². The summed E-state index contributed by atoms with van der Waals surface area (Å²) < 4.78 is 11.2. The molecule has 0 bridgehead atoms. The highest BCUT2D eigenvalue weighted by Crippen LogP contribution is 2.10. The molecule has 1 heterocycles. The van der Waals surface area contributed by atoms with Gasteiger partial charge in [-0.1, -0.05) is 0 Å². The molecule has 1 saturated heterocycles. The van der Waals surface area contributed by atoms with Crippen molar-refractivity contribution in [3.63, 3.8) is 0 Å². The van der Waals surface area contributed by atoms with E-state index in [0.29, 0.717) is 6.10 Å². The first-order valence-corrected chi connectivity index (χ1v) is 9.96. The maximum absolute atomic E-state index is 5.86. The first-order valence-electron chi connectivity index (χ1n) is 8.57. The summed E-state index contributed by atoms with van der Waals surface area (Å²) in [5, 5.41) is 6.68. The lowest BCUT2D eigenvalue weighted by Gasteiger charge is -2.22. The van der Waals surface area contributed by atoms with E-state index in [-0.39, 0.29) is 0 Å². The minimum absolute atomic E-state index is 0.389. The van der Waals surface area contributed by atoms with Crippen molar-refractivity contribution < 1.29 is 9.47 Å². The summed E-state index contributed by atoms with van der Waals surface area (Å²) in [5.41, 5.74) is 0. The molecule has 0 aromatic heterocycles. The molecule has 0 radical (unpaired) electrons. The summed E-state index contributed by atoms with van der Waals surface area (Å²) >= 11 is 1.91. The van der Waals surface area contributed by atoms with Crippen LogP contribution in [-0.2, 0) is 9.47 Å². The fourth-order valence-corrected chi connectivity index (χ4v) is 2.76. The summed E-state index contributed by atoms with van der Waals surface area (Å²) in [5.74, 6) is 2.16. The van der Waals surface area contributed by atoms with Crippen molar-refractivity contribution in [2.45, 2.75) is 45.1 Å². The zero-order valence-electron chi connectivity index (χ0n) is 14.2. The van der Waals surface area contributed by atoms with E-state index in [0.717, 1.165) is 64.7 Å². The third-order valence-electron chi connectivity index (χ3n) is 3.51. The van der Waals surface area contributed by atoms with Crippen molar-refractivity contribution in [1.82, 2.24) is 10.6 Å². The molecule has 1 rings (SSSR count). The van der Waals surface area contributed by atoms with Crippen molar-refractivity contribution >= 4 is 17.7 Å². The standard InChI is InChI=1S/C16H33N3O2S/c1-3-17-16(18-9-4-5-14-22-2)19-10-6-11-21-15-7-12-20-13-8-15/h15H,3-14H2,1-2H3,(H2,17,18,19). The SMILES string of the molecule is CCNC(=NCCCOC1CCOCC1)NCCCCSC. The molecule has 5 nitrogen and oxygen atoms in total. The quantitative estimate of drug-likeness (QED) is 0.346. The lowest BCUT2D eigenvalue weighted by Crippen LogP contribution is -2.38. The predicted octanol–water partition coefficient (Wildman–Crippen LogP) is 2.27. The Hall–Kier alpha value is -0.460. The molecule has 2 N–H and O–H groups in total. The van der Waals surface area contributed by atoms with Crippen molar-refractivity contribution in [3.8, 4) is 0 Å². The summed E-state index contributed by atoms with van der Waals surface area (Å²) in [4.78, 5) is 4.60. The molecule has 6 heteroatoms. The largest absolute Gasteiger partial charge is 0.381 e. The highest BCUT2D eigenvalue weighted by Gasteiger charge is 2.13. The smallest absolute Gasteiger partial charge is 0.191 e. The van der Waals surface area contributed by atoms with E-state index in [4.69, 9.17) is 9.47 Å². The second-order valence-electron chi connectivity index (χ2n) is 5.42. The fourth-order valence-electron chi connectivity index (χ4n) is 2.27. The van der Waals surface area contributed by atoms with Crippen LogP contribution in [0.1, 0.15) is 39.0 Å². The van der Waals surface area contributed by atoms with Crippen molar-refractivity contribution in [3.05, 3.63) is 0 Å². The Morgan fingerprint density at radius 3 is 2.77 bits per heavy atom. The number of nitrogens with one attached hydrogen (secondary N) is 2. The van der Waals surface area contributed by atoms with Crippen LogP contribution < -0.4 is 10.6 Å². The van der Waals surface area contributed by atoms with Gasteiger partial charge in [0.05, 0.1) is 6.10 Å². The molecular weight excluding hydrogens is 298 g/mol. The summed E-state index contributed by atoms with van der Waals surface area (Å²) in [6.07, 6.45) is 8.03. The molecule has 22 heavy (non-hydrogen) atoms. The van der Waals surface area contributed by atoms with E-state index in [1.54, 1.807) is 0 Å². The minimum atomic E-state index is 0.389. The van der Waals surface area contributed by atoms with Gasteiger partial charge in [0.15, 0.2) is 5.96 Å². The van der Waals surface area contributed by atoms with Crippen LogP contribution in [0.5, 0.6) is 0 Å². The second-order valence-corrected chi connectivity index (χ2v) is 6.41. The number of thioether (sulfide) groups is 1. The normalized spacial score (nSPS) is 16.7. The van der Waals surface area contributed by atoms with E-state index in [2.05, 4.69) is 28.8 Å². The third kappa shape index (κ3) is 10.3. The maximum atomic E-state index is 5.86. The summed E-state index contributed by atoms with van der Waals surface area (Å²) in [6, 6.07) is 0. The van der Waals surface area contributed by atoms with Crippen LogP contribution in [-0.4, -0.2) is 63.5 Å². The summed E-state index contributed by atoms with van der Waals surface area (Å²) in [7, 11) is 0. The molecule has 0 amide bonds. The molecule has 1 aliphatic rings. The molecule has 0 aliphatic carbocycles. The molecule has 130 valence electrons. The predicted molar refractivity (Wildman–Crippen MR) is 96.0 cm³/mol. The number of aliphatic imine (C=N–C) groups is 1. The molecule has 0 aromatic carbocycles. The highest BCUT2D eigenvalue weighted by atomic mass is 32.2. The lowest BCUT2D eigenvalue weighted by atomic mass is 10.1. The van der Waals surface area contributed by atoms with Crippen LogP contribution in [0.3, 0.4) is 0 Å². The molecule has 0 atom stereocenters. The lowest BCUT2D eigenvalue weighted by molar-refractivity contribution is -0.0318. The first-order chi connectivity index (χ1) is 10.9. The fraction of sp³-hybridized carbons (Fsp3) is 0.938. The van der Waals surface area contributed by atoms with Crippen molar-refractivity contribution in [1.29, 1.82) is 0 Å². The van der Waals surface area contributed by atoms with Gasteiger partial charge in [-0.3, -0.25) is 4.99 Å². The van der Waals surface area contributed by atoms with E-state index in [9.17, 15) is 0 Å². The zero-order valence-corrected chi connectivity index (χ0v) is 15.1. The minimum Gasteiger partial charge on any atom is -0.381 e. The van der Waals surface area contributed by atoms with Crippen LogP contribution in [0.25, 0.3) is 0 Å². The van der Waals surface area contributed by atoms with Gasteiger partial charge in [-0.25, -0.2) is 0 Å². The van der Waals surface area contributed by atoms with Gasteiger partial charge in [0.2, 0.25) is 0 Å². The number of unbranched alkanes of at least 4 members (excludes halogenated alkanes) is 1. The molecule has 1 fully saturated rings. The van der Waals surface area contributed by atoms with Gasteiger partial charge in [0.25, 0.3) is 0 Å². The van der Waals surface area contributed by atoms with Gasteiger partial charge >= 0.3 is 0 Å². The average Bonchev–Trinajstić information content (AvgIpc) is 2.55. The molecule has 1 aliphatic heterocycles. The Labute approximate surface area is 140 Å². The van der Waals surface area contributed by atoms with E-state index in [1.165, 1.54) is 18.6 Å². The average molecular weight is 332 g/mol. The first kappa shape index (κ1) is 19.6. The number of hydrogen-bond donors (Lipinski definition) is 2. The molecule has 0 saturated carbocycles. The Balaban J connectivity index is 2.07. The molecule has 0 spiro atoms. The number of ether oxygens (including phenoxy) is 2. The topological polar surface area (TPSA) is 54.9 Å². The number of guanidine groups is 1.